The number of rotatable bonds is 3. The first-order valence-electron chi connectivity index (χ1n) is 3.98. The van der Waals surface area contributed by atoms with E-state index in [9.17, 15) is 19.7 Å². The molecule has 7 nitrogen and oxygen atoms in total. The number of hydrogen-bond donors (Lipinski definition) is 1. The Balaban J connectivity index is 3.17. The molecule has 0 radical (unpaired) electrons. The molecule has 1 heterocycles. The van der Waals surface area contributed by atoms with E-state index in [4.69, 9.17) is 0 Å². The maximum Gasteiger partial charge on any atom is 0.457 e. The van der Waals surface area contributed by atoms with E-state index in [0.29, 0.717) is 0 Å². The maximum atomic E-state index is 10.9. The smallest absolute Gasteiger partial charge is 0.396 e. The Labute approximate surface area is 84.2 Å². The van der Waals surface area contributed by atoms with Crippen molar-refractivity contribution in [2.45, 2.75) is 13.8 Å². The Morgan fingerprint density at radius 3 is 2.47 bits per heavy atom. The highest BCUT2D eigenvalue weighted by molar-refractivity contribution is 5.96. The summed E-state index contributed by atoms with van der Waals surface area (Å²) >= 11 is 0. The molecule has 1 amide bonds. The van der Waals surface area contributed by atoms with Crippen LogP contribution >= 0.6 is 0 Å². The summed E-state index contributed by atoms with van der Waals surface area (Å²) < 4.78 is 4.68. The van der Waals surface area contributed by atoms with E-state index < -0.39 is 22.5 Å². The summed E-state index contributed by atoms with van der Waals surface area (Å²) in [4.78, 5) is 31.3. The van der Waals surface area contributed by atoms with Crippen molar-refractivity contribution in [3.8, 4) is 0 Å². The van der Waals surface area contributed by atoms with Gasteiger partial charge in [0.2, 0.25) is 5.91 Å². The Morgan fingerprint density at radius 2 is 2.07 bits per heavy atom. The average molecular weight is 212 g/mol. The molecule has 0 aromatic carbocycles. The van der Waals surface area contributed by atoms with Crippen LogP contribution in [0.1, 0.15) is 24.4 Å². The van der Waals surface area contributed by atoms with Crippen molar-refractivity contribution in [2.75, 3.05) is 5.32 Å². The SMILES string of the molecule is CC(=O)Nc1cc(C(C)=O)oc1[N+](=O)[O-]. The van der Waals surface area contributed by atoms with E-state index in [0.717, 1.165) is 6.07 Å². The summed E-state index contributed by atoms with van der Waals surface area (Å²) in [5.74, 6) is -1.73. The number of carbonyl (C=O) groups is 2. The zero-order valence-corrected chi connectivity index (χ0v) is 8.07. The van der Waals surface area contributed by atoms with Gasteiger partial charge in [-0.1, -0.05) is 0 Å². The highest BCUT2D eigenvalue weighted by Crippen LogP contribution is 2.28. The second-order valence-corrected chi connectivity index (χ2v) is 2.82. The van der Waals surface area contributed by atoms with E-state index >= 15 is 0 Å². The minimum atomic E-state index is -0.808. The number of nitrogens with one attached hydrogen (secondary N) is 1. The zero-order valence-electron chi connectivity index (χ0n) is 8.07. The Hall–Kier alpha value is -2.18. The number of furan rings is 1. The molecule has 0 bridgehead atoms. The van der Waals surface area contributed by atoms with E-state index in [-0.39, 0.29) is 11.4 Å². The molecular weight excluding hydrogens is 204 g/mol. The van der Waals surface area contributed by atoms with Crippen LogP contribution < -0.4 is 5.32 Å². The molecule has 1 N–H and O–H groups in total. The van der Waals surface area contributed by atoms with Gasteiger partial charge in [0.1, 0.15) is 4.92 Å². The molecule has 1 aromatic heterocycles. The number of nitro groups is 1. The number of carbonyl (C=O) groups excluding carboxylic acids is 2. The van der Waals surface area contributed by atoms with Gasteiger partial charge in [0, 0.05) is 19.9 Å². The lowest BCUT2D eigenvalue weighted by Crippen LogP contribution is -2.06. The number of nitrogens with zero attached hydrogens (tertiary/aromatic N) is 1. The van der Waals surface area contributed by atoms with Crippen molar-refractivity contribution in [3.63, 3.8) is 0 Å². The molecule has 1 aromatic rings. The summed E-state index contributed by atoms with van der Waals surface area (Å²) in [6, 6.07) is 1.13. The first-order valence-corrected chi connectivity index (χ1v) is 3.98. The van der Waals surface area contributed by atoms with E-state index in [1.807, 2.05) is 0 Å². The standard InChI is InChI=1S/C8H8N2O5/c1-4(11)7-3-6(9-5(2)12)8(15-7)10(13)14/h3H,1-2H3,(H,9,12). The third-order valence-corrected chi connectivity index (χ3v) is 1.54. The fraction of sp³-hybridized carbons (Fsp3) is 0.250. The Kier molecular flexibility index (Phi) is 2.84. The monoisotopic (exact) mass is 212 g/mol. The predicted molar refractivity (Wildman–Crippen MR) is 49.7 cm³/mol. The van der Waals surface area contributed by atoms with Gasteiger partial charge >= 0.3 is 5.88 Å². The summed E-state index contributed by atoms with van der Waals surface area (Å²) in [6.45, 7) is 2.41. The van der Waals surface area contributed by atoms with Crippen LogP contribution in [0.15, 0.2) is 10.5 Å². The van der Waals surface area contributed by atoms with Crippen LogP contribution in [0.3, 0.4) is 0 Å². The Bertz CT molecular complexity index is 434. The molecule has 0 aliphatic rings. The minimum Gasteiger partial charge on any atom is -0.396 e. The summed E-state index contributed by atoms with van der Waals surface area (Å²) in [6.07, 6.45) is 0. The third kappa shape index (κ3) is 2.39. The van der Waals surface area contributed by atoms with Gasteiger partial charge in [0.25, 0.3) is 0 Å². The van der Waals surface area contributed by atoms with Gasteiger partial charge in [-0.2, -0.15) is 0 Å². The van der Waals surface area contributed by atoms with Crippen LogP contribution in [-0.4, -0.2) is 16.6 Å². The molecule has 80 valence electrons. The highest BCUT2D eigenvalue weighted by Gasteiger charge is 2.23. The molecule has 0 saturated heterocycles. The van der Waals surface area contributed by atoms with Crippen LogP contribution in [-0.2, 0) is 4.79 Å². The Morgan fingerprint density at radius 1 is 1.47 bits per heavy atom. The molecule has 7 heteroatoms. The lowest BCUT2D eigenvalue weighted by Gasteiger charge is -1.93. The molecule has 0 atom stereocenters. The molecule has 0 spiro atoms. The molecule has 0 fully saturated rings. The van der Waals surface area contributed by atoms with Gasteiger partial charge in [-0.05, 0) is 0 Å². The number of hydrogen-bond acceptors (Lipinski definition) is 5. The van der Waals surface area contributed by atoms with Crippen molar-refractivity contribution >= 4 is 23.3 Å². The van der Waals surface area contributed by atoms with Gasteiger partial charge in [-0.3, -0.25) is 19.7 Å². The van der Waals surface area contributed by atoms with Crippen LogP contribution in [0.2, 0.25) is 0 Å². The van der Waals surface area contributed by atoms with E-state index in [2.05, 4.69) is 9.73 Å². The van der Waals surface area contributed by atoms with Crippen molar-refractivity contribution in [1.29, 1.82) is 0 Å². The van der Waals surface area contributed by atoms with Gasteiger partial charge in [-0.15, -0.1) is 0 Å². The topological polar surface area (TPSA) is 102 Å². The summed E-state index contributed by atoms with van der Waals surface area (Å²) in [5.41, 5.74) is -0.113. The lowest BCUT2D eigenvalue weighted by molar-refractivity contribution is -0.401. The maximum absolute atomic E-state index is 10.9. The lowest BCUT2D eigenvalue weighted by atomic mass is 10.3. The van der Waals surface area contributed by atoms with E-state index in [1.54, 1.807) is 0 Å². The average Bonchev–Trinajstić information content (AvgIpc) is 2.46. The van der Waals surface area contributed by atoms with Crippen molar-refractivity contribution < 1.29 is 18.9 Å². The first kappa shape index (κ1) is 10.9. The quantitative estimate of drug-likeness (QED) is 0.462. The van der Waals surface area contributed by atoms with Crippen molar-refractivity contribution in [3.05, 3.63) is 21.9 Å². The summed E-state index contributed by atoms with van der Waals surface area (Å²) in [5, 5.41) is 12.7. The van der Waals surface area contributed by atoms with Gasteiger partial charge in [-0.25, -0.2) is 0 Å². The molecule has 0 saturated carbocycles. The second kappa shape index (κ2) is 3.91. The normalized spacial score (nSPS) is 9.73. The second-order valence-electron chi connectivity index (χ2n) is 2.82. The zero-order chi connectivity index (χ0) is 11.6. The molecule has 0 unspecified atom stereocenters. The van der Waals surface area contributed by atoms with E-state index in [1.165, 1.54) is 13.8 Å². The van der Waals surface area contributed by atoms with Crippen LogP contribution in [0.4, 0.5) is 11.6 Å². The van der Waals surface area contributed by atoms with Crippen LogP contribution in [0.5, 0.6) is 0 Å². The number of amides is 1. The van der Waals surface area contributed by atoms with Crippen LogP contribution in [0.25, 0.3) is 0 Å². The van der Waals surface area contributed by atoms with Crippen molar-refractivity contribution in [2.24, 2.45) is 0 Å². The minimum absolute atomic E-state index is 0.113. The fourth-order valence-corrected chi connectivity index (χ4v) is 0.970. The van der Waals surface area contributed by atoms with Crippen LogP contribution in [0, 0.1) is 10.1 Å². The molecule has 15 heavy (non-hydrogen) atoms. The summed E-state index contributed by atoms with van der Waals surface area (Å²) in [7, 11) is 0. The molecule has 0 aliphatic heterocycles. The van der Waals surface area contributed by atoms with Crippen molar-refractivity contribution in [1.82, 2.24) is 0 Å². The predicted octanol–water partition coefficient (Wildman–Crippen LogP) is 1.35. The first-order chi connectivity index (χ1) is 6.91. The molecule has 1 rings (SSSR count). The highest BCUT2D eigenvalue weighted by atomic mass is 16.6. The largest absolute Gasteiger partial charge is 0.457 e. The fourth-order valence-electron chi connectivity index (χ4n) is 0.970. The van der Waals surface area contributed by atoms with Gasteiger partial charge in [0.05, 0.1) is 0 Å². The van der Waals surface area contributed by atoms with Gasteiger partial charge < -0.3 is 9.73 Å². The molecular formula is C8H8N2O5. The number of Topliss-reactive ketones (excluding diaryl/α,β-unsaturated/α-hetero) is 1. The third-order valence-electron chi connectivity index (χ3n) is 1.54. The number of anilines is 1. The molecule has 0 aliphatic carbocycles. The van der Waals surface area contributed by atoms with Gasteiger partial charge in [0.15, 0.2) is 17.2 Å². The number of ketones is 1.